The molecule has 146 valence electrons. The number of carbonyl (C=O) groups excluding carboxylic acids is 1. The zero-order chi connectivity index (χ0) is 19.4. The lowest BCUT2D eigenvalue weighted by Crippen LogP contribution is -2.50. The van der Waals surface area contributed by atoms with Crippen LogP contribution in [0.4, 0.5) is 5.13 Å². The van der Waals surface area contributed by atoms with E-state index in [2.05, 4.69) is 15.5 Å². The van der Waals surface area contributed by atoms with Gasteiger partial charge in [0, 0.05) is 12.1 Å². The average Bonchev–Trinajstić information content (AvgIpc) is 3.10. The van der Waals surface area contributed by atoms with E-state index in [1.165, 1.54) is 15.6 Å². The monoisotopic (exact) mass is 428 g/mol. The van der Waals surface area contributed by atoms with Crippen molar-refractivity contribution in [2.45, 2.75) is 38.6 Å². The number of benzene rings is 1. The summed E-state index contributed by atoms with van der Waals surface area (Å²) in [6.07, 6.45) is 2.61. The molecule has 3 rings (SSSR count). The fraction of sp³-hybridized carbons (Fsp3) is 0.471. The van der Waals surface area contributed by atoms with Crippen LogP contribution in [0.25, 0.3) is 10.6 Å². The molecule has 0 bridgehead atoms. The Hall–Kier alpha value is -1.55. The van der Waals surface area contributed by atoms with Gasteiger partial charge < -0.3 is 0 Å². The molecular weight excluding hydrogens is 408 g/mol. The maximum absolute atomic E-state index is 12.7. The summed E-state index contributed by atoms with van der Waals surface area (Å²) in [5.41, 5.74) is 0.738. The first kappa shape index (κ1) is 20.2. The molecule has 1 aromatic carbocycles. The van der Waals surface area contributed by atoms with Crippen LogP contribution in [0.3, 0.4) is 0 Å². The van der Waals surface area contributed by atoms with Crippen molar-refractivity contribution in [1.29, 1.82) is 0 Å². The summed E-state index contributed by atoms with van der Waals surface area (Å²) >= 11 is 7.38. The average molecular weight is 429 g/mol. The minimum absolute atomic E-state index is 0.0479. The largest absolute Gasteiger partial charge is 0.299 e. The summed E-state index contributed by atoms with van der Waals surface area (Å²) in [5.74, 6) is -0.317. The van der Waals surface area contributed by atoms with E-state index >= 15 is 0 Å². The van der Waals surface area contributed by atoms with Gasteiger partial charge in [0.15, 0.2) is 5.01 Å². The van der Waals surface area contributed by atoms with Gasteiger partial charge in [-0.2, -0.15) is 4.31 Å². The Bertz CT molecular complexity index is 916. The quantitative estimate of drug-likeness (QED) is 0.761. The van der Waals surface area contributed by atoms with Gasteiger partial charge in [-0.1, -0.05) is 54.5 Å². The van der Waals surface area contributed by atoms with Crippen molar-refractivity contribution in [3.05, 3.63) is 29.3 Å². The van der Waals surface area contributed by atoms with Crippen LogP contribution < -0.4 is 5.32 Å². The molecule has 1 amide bonds. The maximum Gasteiger partial charge on any atom is 0.244 e. The summed E-state index contributed by atoms with van der Waals surface area (Å²) in [7, 11) is -3.44. The maximum atomic E-state index is 12.7. The van der Waals surface area contributed by atoms with Crippen molar-refractivity contribution in [3.63, 3.8) is 0 Å². The van der Waals surface area contributed by atoms with Crippen LogP contribution in [-0.4, -0.2) is 47.2 Å². The SMILES string of the molecule is CCCS(=O)(=O)N1CCCCC1C(=O)Nc1nnc(-c2ccccc2Cl)s1. The van der Waals surface area contributed by atoms with Gasteiger partial charge in [-0.15, -0.1) is 10.2 Å². The van der Waals surface area contributed by atoms with E-state index < -0.39 is 16.1 Å². The third-order valence-corrected chi connectivity index (χ3v) is 7.61. The zero-order valence-corrected chi connectivity index (χ0v) is 17.3. The number of hydrogen-bond acceptors (Lipinski definition) is 6. The van der Waals surface area contributed by atoms with Gasteiger partial charge in [0.2, 0.25) is 21.1 Å². The van der Waals surface area contributed by atoms with Crippen LogP contribution in [0.15, 0.2) is 24.3 Å². The van der Waals surface area contributed by atoms with E-state index in [1.807, 2.05) is 25.1 Å². The van der Waals surface area contributed by atoms with Gasteiger partial charge in [0.1, 0.15) is 6.04 Å². The van der Waals surface area contributed by atoms with Crippen molar-refractivity contribution in [3.8, 4) is 10.6 Å². The van der Waals surface area contributed by atoms with Gasteiger partial charge in [0.25, 0.3) is 0 Å². The minimum atomic E-state index is -3.44. The lowest BCUT2D eigenvalue weighted by molar-refractivity contribution is -0.120. The van der Waals surface area contributed by atoms with Crippen LogP contribution in [0, 0.1) is 0 Å². The molecule has 1 aliphatic heterocycles. The Morgan fingerprint density at radius 2 is 2.11 bits per heavy atom. The minimum Gasteiger partial charge on any atom is -0.299 e. The topological polar surface area (TPSA) is 92.3 Å². The molecule has 0 spiro atoms. The predicted octanol–water partition coefficient (Wildman–Crippen LogP) is 3.39. The van der Waals surface area contributed by atoms with Gasteiger partial charge in [-0.25, -0.2) is 8.42 Å². The first-order chi connectivity index (χ1) is 12.9. The second-order valence-electron chi connectivity index (χ2n) is 6.32. The first-order valence-corrected chi connectivity index (χ1v) is 11.6. The number of nitrogens with zero attached hydrogens (tertiary/aromatic N) is 3. The molecule has 1 atom stereocenters. The molecule has 0 saturated carbocycles. The zero-order valence-electron chi connectivity index (χ0n) is 14.9. The van der Waals surface area contributed by atoms with Gasteiger partial charge in [-0.05, 0) is 25.3 Å². The molecule has 1 aliphatic rings. The highest BCUT2D eigenvalue weighted by molar-refractivity contribution is 7.89. The van der Waals surface area contributed by atoms with Crippen LogP contribution in [0.1, 0.15) is 32.6 Å². The summed E-state index contributed by atoms with van der Waals surface area (Å²) < 4.78 is 26.3. The number of anilines is 1. The van der Waals surface area contributed by atoms with Crippen molar-refractivity contribution in [1.82, 2.24) is 14.5 Å². The number of nitrogens with one attached hydrogen (secondary N) is 1. The molecule has 2 aromatic rings. The number of aromatic nitrogens is 2. The Morgan fingerprint density at radius 3 is 2.85 bits per heavy atom. The van der Waals surface area contributed by atoms with E-state index in [0.717, 1.165) is 18.4 Å². The van der Waals surface area contributed by atoms with Crippen molar-refractivity contribution in [2.75, 3.05) is 17.6 Å². The second-order valence-corrected chi connectivity index (χ2v) is 9.75. The van der Waals surface area contributed by atoms with Crippen LogP contribution >= 0.6 is 22.9 Å². The molecular formula is C17H21ClN4O3S2. The smallest absolute Gasteiger partial charge is 0.244 e. The number of halogens is 1. The van der Waals surface area contributed by atoms with Gasteiger partial charge in [-0.3, -0.25) is 10.1 Å². The third-order valence-electron chi connectivity index (χ3n) is 4.34. The molecule has 1 fully saturated rings. The molecule has 1 aromatic heterocycles. The fourth-order valence-corrected chi connectivity index (χ4v) is 5.89. The molecule has 1 saturated heterocycles. The molecule has 0 radical (unpaired) electrons. The summed E-state index contributed by atoms with van der Waals surface area (Å²) in [6.45, 7) is 2.19. The number of amides is 1. The van der Waals surface area contributed by atoms with Crippen molar-refractivity contribution in [2.24, 2.45) is 0 Å². The summed E-state index contributed by atoms with van der Waals surface area (Å²) in [4.78, 5) is 12.7. The lowest BCUT2D eigenvalue weighted by Gasteiger charge is -2.33. The Labute approximate surface area is 167 Å². The summed E-state index contributed by atoms with van der Waals surface area (Å²) in [6, 6.07) is 6.55. The predicted molar refractivity (Wildman–Crippen MR) is 107 cm³/mol. The van der Waals surface area contributed by atoms with E-state index in [9.17, 15) is 13.2 Å². The normalized spacial score (nSPS) is 18.4. The van der Waals surface area contributed by atoms with E-state index in [1.54, 1.807) is 6.07 Å². The molecule has 10 heteroatoms. The highest BCUT2D eigenvalue weighted by atomic mass is 35.5. The van der Waals surface area contributed by atoms with E-state index in [4.69, 9.17) is 11.6 Å². The van der Waals surface area contributed by atoms with Crippen molar-refractivity contribution >= 4 is 44.0 Å². The van der Waals surface area contributed by atoms with Crippen LogP contribution in [0.2, 0.25) is 5.02 Å². The third kappa shape index (κ3) is 4.66. The number of carbonyl (C=O) groups is 1. The fourth-order valence-electron chi connectivity index (χ4n) is 3.08. The number of rotatable bonds is 6. The standard InChI is InChI=1S/C17H21ClN4O3S2/c1-2-11-27(24,25)22-10-6-5-9-14(22)15(23)19-17-21-20-16(26-17)12-7-3-4-8-13(12)18/h3-4,7-8,14H,2,5-6,9-11H2,1H3,(H,19,21,23). The van der Waals surface area contributed by atoms with E-state index in [-0.39, 0.29) is 11.7 Å². The summed E-state index contributed by atoms with van der Waals surface area (Å²) in [5, 5.41) is 12.3. The Balaban J connectivity index is 1.75. The highest BCUT2D eigenvalue weighted by Gasteiger charge is 2.36. The lowest BCUT2D eigenvalue weighted by atomic mass is 10.0. The van der Waals surface area contributed by atoms with Crippen LogP contribution in [0.5, 0.6) is 0 Å². The Kier molecular flexibility index (Phi) is 6.46. The number of hydrogen-bond donors (Lipinski definition) is 1. The molecule has 1 unspecified atom stereocenters. The first-order valence-electron chi connectivity index (χ1n) is 8.81. The molecule has 2 heterocycles. The van der Waals surface area contributed by atoms with E-state index in [0.29, 0.717) is 34.5 Å². The van der Waals surface area contributed by atoms with Crippen LogP contribution in [-0.2, 0) is 14.8 Å². The van der Waals surface area contributed by atoms with Gasteiger partial charge in [0.05, 0.1) is 10.8 Å². The molecule has 1 N–H and O–H groups in total. The highest BCUT2D eigenvalue weighted by Crippen LogP contribution is 2.32. The van der Waals surface area contributed by atoms with Crippen molar-refractivity contribution < 1.29 is 13.2 Å². The molecule has 0 aliphatic carbocycles. The van der Waals surface area contributed by atoms with Gasteiger partial charge >= 0.3 is 0 Å². The molecule has 7 nitrogen and oxygen atoms in total. The number of sulfonamides is 1. The molecule has 27 heavy (non-hydrogen) atoms. The Morgan fingerprint density at radius 1 is 1.33 bits per heavy atom. The number of piperidine rings is 1. The second kappa shape index (κ2) is 8.64.